The second kappa shape index (κ2) is 15.2. The minimum atomic E-state index is -0.980. The van der Waals surface area contributed by atoms with Gasteiger partial charge in [0, 0.05) is 79.4 Å². The van der Waals surface area contributed by atoms with Gasteiger partial charge in [-0.15, -0.1) is 0 Å². The van der Waals surface area contributed by atoms with Gasteiger partial charge < -0.3 is 19.1 Å². The van der Waals surface area contributed by atoms with Crippen LogP contribution in [0.4, 0.5) is 4.39 Å². The average Bonchev–Trinajstić information content (AvgIpc) is 3.79. The molecule has 3 aromatic carbocycles. The minimum absolute atomic E-state index is 0.269. The first-order valence-corrected chi connectivity index (χ1v) is 19.6. The van der Waals surface area contributed by atoms with Crippen molar-refractivity contribution in [2.75, 3.05) is 39.5 Å². The number of hydrogen-bond acceptors (Lipinski definition) is 7. The molecule has 0 saturated carbocycles. The molecule has 0 spiro atoms. The van der Waals surface area contributed by atoms with E-state index in [1.54, 1.807) is 23.9 Å². The molecule has 6 aromatic rings. The van der Waals surface area contributed by atoms with Gasteiger partial charge in [0.25, 0.3) is 0 Å². The van der Waals surface area contributed by atoms with Crippen LogP contribution in [0.25, 0.3) is 32.9 Å². The van der Waals surface area contributed by atoms with Crippen LogP contribution in [-0.4, -0.2) is 79.6 Å². The number of fused-ring (bicyclic) bond motifs is 8. The minimum Gasteiger partial charge on any atom is -0.493 e. The summed E-state index contributed by atoms with van der Waals surface area (Å²) in [5, 5.41) is 23.4. The number of thioether (sulfide) groups is 1. The van der Waals surface area contributed by atoms with Crippen molar-refractivity contribution in [3.8, 4) is 17.0 Å². The maximum absolute atomic E-state index is 14.4. The molecule has 53 heavy (non-hydrogen) atoms. The number of aromatic nitrogens is 5. The summed E-state index contributed by atoms with van der Waals surface area (Å²) in [6, 6.07) is 14.8. The number of hydrogen-bond donors (Lipinski definition) is 1. The highest BCUT2D eigenvalue weighted by atomic mass is 35.5. The molecule has 5 heterocycles. The van der Waals surface area contributed by atoms with E-state index in [9.17, 15) is 14.3 Å². The van der Waals surface area contributed by atoms with Crippen molar-refractivity contribution in [3.05, 3.63) is 99.3 Å². The largest absolute Gasteiger partial charge is 0.493 e. The van der Waals surface area contributed by atoms with Gasteiger partial charge in [-0.1, -0.05) is 23.7 Å². The lowest BCUT2D eigenvalue weighted by molar-refractivity contribution is 0.0362. The van der Waals surface area contributed by atoms with Crippen LogP contribution in [0.5, 0.6) is 5.75 Å². The summed E-state index contributed by atoms with van der Waals surface area (Å²) in [6.45, 7) is 4.40. The highest BCUT2D eigenvalue weighted by Gasteiger charge is 2.28. The summed E-state index contributed by atoms with van der Waals surface area (Å²) in [5.41, 5.74) is 7.66. The fourth-order valence-electron chi connectivity index (χ4n) is 7.89. The molecule has 2 aliphatic heterocycles. The van der Waals surface area contributed by atoms with E-state index >= 15 is 0 Å². The number of benzene rings is 3. The third-order valence-electron chi connectivity index (χ3n) is 10.4. The summed E-state index contributed by atoms with van der Waals surface area (Å²) >= 11 is 8.89. The van der Waals surface area contributed by atoms with Crippen molar-refractivity contribution in [1.29, 1.82) is 0 Å². The van der Waals surface area contributed by atoms with E-state index in [0.29, 0.717) is 68.0 Å². The number of carbonyl (C=O) groups is 1. The van der Waals surface area contributed by atoms with E-state index in [1.807, 2.05) is 52.4 Å². The van der Waals surface area contributed by atoms with Crippen LogP contribution < -0.4 is 4.74 Å². The number of carboxylic acid groups (broad SMARTS) is 1. The Morgan fingerprint density at radius 1 is 0.962 bits per heavy atom. The topological polar surface area (TPSA) is 99.6 Å². The summed E-state index contributed by atoms with van der Waals surface area (Å²) in [7, 11) is 3.89. The van der Waals surface area contributed by atoms with E-state index < -0.39 is 5.97 Å². The number of aryl methyl sites for hydroxylation is 5. The van der Waals surface area contributed by atoms with Gasteiger partial charge in [0.1, 0.15) is 17.3 Å². The molecular formula is C40H42ClFN6O4S. The van der Waals surface area contributed by atoms with Gasteiger partial charge in [0.05, 0.1) is 47.9 Å². The van der Waals surface area contributed by atoms with Crippen molar-refractivity contribution in [3.63, 3.8) is 0 Å². The van der Waals surface area contributed by atoms with Crippen molar-refractivity contribution in [1.82, 2.24) is 29.0 Å². The Balaban J connectivity index is 1.25. The SMILES string of the molecule is Cn1nc2cc1CCc1cc(c3ccc(F)cc3c1)OCCCc1c(C(=O)O)n(CCN3CCOCC3)c3c(c(Cl)ccc13)-c1c(cnn1C)CSC2. The van der Waals surface area contributed by atoms with E-state index in [-0.39, 0.29) is 11.5 Å². The number of rotatable bonds is 4. The maximum atomic E-state index is 14.4. The van der Waals surface area contributed by atoms with Crippen molar-refractivity contribution in [2.45, 2.75) is 43.7 Å². The lowest BCUT2D eigenvalue weighted by Gasteiger charge is -2.27. The number of morpholine rings is 1. The van der Waals surface area contributed by atoms with E-state index in [4.69, 9.17) is 26.2 Å². The van der Waals surface area contributed by atoms with Crippen LogP contribution in [0.1, 0.15) is 45.0 Å². The smallest absolute Gasteiger partial charge is 0.352 e. The maximum Gasteiger partial charge on any atom is 0.352 e. The predicted octanol–water partition coefficient (Wildman–Crippen LogP) is 7.30. The first-order valence-electron chi connectivity index (χ1n) is 18.1. The second-order valence-electron chi connectivity index (χ2n) is 13.9. The van der Waals surface area contributed by atoms with Gasteiger partial charge in [0.15, 0.2) is 0 Å². The molecule has 8 rings (SSSR count). The molecule has 0 aliphatic carbocycles. The van der Waals surface area contributed by atoms with E-state index in [2.05, 4.69) is 22.1 Å². The summed E-state index contributed by atoms with van der Waals surface area (Å²) in [5.74, 6) is 0.788. The fraction of sp³-hybridized carbons (Fsp3) is 0.375. The Morgan fingerprint density at radius 3 is 2.62 bits per heavy atom. The Kier molecular flexibility index (Phi) is 10.2. The zero-order valence-corrected chi connectivity index (χ0v) is 31.5. The summed E-state index contributed by atoms with van der Waals surface area (Å²) in [6.07, 6.45) is 4.44. The number of carboxylic acids is 1. The third kappa shape index (κ3) is 7.17. The quantitative estimate of drug-likeness (QED) is 0.200. The van der Waals surface area contributed by atoms with Crippen LogP contribution in [0.3, 0.4) is 0 Å². The Bertz CT molecular complexity index is 2330. The van der Waals surface area contributed by atoms with Crippen LogP contribution in [0.15, 0.2) is 54.7 Å². The van der Waals surface area contributed by atoms with Crippen LogP contribution in [0, 0.1) is 5.82 Å². The lowest BCUT2D eigenvalue weighted by atomic mass is 10.0. The Hall–Kier alpha value is -4.36. The molecule has 8 bridgehead atoms. The lowest BCUT2D eigenvalue weighted by Crippen LogP contribution is -2.38. The number of halogens is 2. The van der Waals surface area contributed by atoms with Crippen molar-refractivity contribution < 1.29 is 23.8 Å². The predicted molar refractivity (Wildman–Crippen MR) is 207 cm³/mol. The second-order valence-corrected chi connectivity index (χ2v) is 15.2. The average molecular weight is 757 g/mol. The summed E-state index contributed by atoms with van der Waals surface area (Å²) in [4.78, 5) is 15.6. The zero-order chi connectivity index (χ0) is 36.6. The van der Waals surface area contributed by atoms with Crippen molar-refractivity contribution >= 4 is 51.0 Å². The molecular weight excluding hydrogens is 715 g/mol. The standard InChI is InChI=1S/C40H42ClFN6O4S/c1-45-30-7-5-25-18-26-20-28(42)6-8-31(26)35(19-25)52-15-3-4-32-33-9-10-34(41)36(37-27(22-43-46(37)2)23-53-24-29(21-30)44-45)38(33)48(39(32)40(49)50)12-11-47-13-16-51-17-14-47/h6,8-10,18-22H,3-5,7,11-17,23-24H2,1-2H3,(H,49,50). The van der Waals surface area contributed by atoms with Gasteiger partial charge in [-0.2, -0.15) is 22.0 Å². The normalized spacial score (nSPS) is 16.1. The first kappa shape index (κ1) is 35.7. The molecule has 276 valence electrons. The number of ether oxygens (including phenoxy) is 2. The molecule has 2 aliphatic rings. The third-order valence-corrected chi connectivity index (χ3v) is 11.8. The molecule has 0 radical (unpaired) electrons. The van der Waals surface area contributed by atoms with Gasteiger partial charge in [-0.3, -0.25) is 14.3 Å². The molecule has 3 aromatic heterocycles. The number of nitrogens with zero attached hydrogens (tertiary/aromatic N) is 6. The molecule has 1 fully saturated rings. The van der Waals surface area contributed by atoms with Crippen molar-refractivity contribution in [2.24, 2.45) is 14.1 Å². The Morgan fingerprint density at radius 2 is 1.79 bits per heavy atom. The van der Waals surface area contributed by atoms with Gasteiger partial charge in [0.2, 0.25) is 0 Å². The Labute approximate surface area is 316 Å². The number of aromatic carboxylic acids is 1. The molecule has 13 heteroatoms. The molecule has 0 unspecified atom stereocenters. The van der Waals surface area contributed by atoms with Gasteiger partial charge >= 0.3 is 5.97 Å². The van der Waals surface area contributed by atoms with Gasteiger partial charge in [-0.05, 0) is 78.6 Å². The molecule has 0 atom stereocenters. The highest BCUT2D eigenvalue weighted by molar-refractivity contribution is 7.97. The van der Waals surface area contributed by atoms with Crippen LogP contribution >= 0.6 is 23.4 Å². The van der Waals surface area contributed by atoms with E-state index in [0.717, 1.165) is 86.9 Å². The zero-order valence-electron chi connectivity index (χ0n) is 29.9. The van der Waals surface area contributed by atoms with E-state index in [1.165, 1.54) is 6.07 Å². The summed E-state index contributed by atoms with van der Waals surface area (Å²) < 4.78 is 32.2. The molecule has 1 saturated heterocycles. The van der Waals surface area contributed by atoms with Gasteiger partial charge in [-0.25, -0.2) is 9.18 Å². The molecule has 0 amide bonds. The fourth-order valence-corrected chi connectivity index (χ4v) is 9.02. The first-order chi connectivity index (χ1) is 25.7. The van der Waals surface area contributed by atoms with Crippen LogP contribution in [-0.2, 0) is 56.1 Å². The van der Waals surface area contributed by atoms with Crippen LogP contribution in [0.2, 0.25) is 5.02 Å². The highest BCUT2D eigenvalue weighted by Crippen LogP contribution is 2.42. The monoisotopic (exact) mass is 756 g/mol. The molecule has 1 N–H and O–H groups in total. The molecule has 10 nitrogen and oxygen atoms in total.